The maximum Gasteiger partial charge on any atom is 0.303 e. The van der Waals surface area contributed by atoms with Gasteiger partial charge in [0.05, 0.1) is 6.42 Å². The zero-order valence-electron chi connectivity index (χ0n) is 9.94. The summed E-state index contributed by atoms with van der Waals surface area (Å²) in [5.41, 5.74) is 0.916. The third-order valence-electron chi connectivity index (χ3n) is 3.34. The van der Waals surface area contributed by atoms with Crippen LogP contribution in [-0.4, -0.2) is 27.6 Å². The molecule has 17 heavy (non-hydrogen) atoms. The van der Waals surface area contributed by atoms with Gasteiger partial charge in [0, 0.05) is 18.9 Å². The topological polar surface area (TPSA) is 75.1 Å². The Morgan fingerprint density at radius 1 is 1.47 bits per heavy atom. The predicted octanol–water partition coefficient (Wildman–Crippen LogP) is 1.84. The van der Waals surface area contributed by atoms with E-state index in [2.05, 4.69) is 15.3 Å². The number of aliphatic carboxylic acids is 1. The molecule has 1 heterocycles. The van der Waals surface area contributed by atoms with E-state index in [9.17, 15) is 4.79 Å². The number of hydrogen-bond acceptors (Lipinski definition) is 4. The molecule has 0 saturated heterocycles. The van der Waals surface area contributed by atoms with Crippen LogP contribution in [0.1, 0.15) is 31.2 Å². The molecule has 1 fully saturated rings. The van der Waals surface area contributed by atoms with Gasteiger partial charge in [0.2, 0.25) is 5.95 Å². The highest BCUT2D eigenvalue weighted by Gasteiger charge is 2.38. The zero-order valence-corrected chi connectivity index (χ0v) is 9.94. The van der Waals surface area contributed by atoms with Crippen LogP contribution in [0.2, 0.25) is 0 Å². The van der Waals surface area contributed by atoms with Crippen molar-refractivity contribution in [2.75, 3.05) is 11.9 Å². The van der Waals surface area contributed by atoms with E-state index in [1.807, 2.05) is 6.92 Å². The van der Waals surface area contributed by atoms with Gasteiger partial charge >= 0.3 is 5.97 Å². The van der Waals surface area contributed by atoms with Crippen LogP contribution in [0.25, 0.3) is 0 Å². The first kappa shape index (κ1) is 11.8. The molecule has 0 spiro atoms. The maximum absolute atomic E-state index is 10.8. The molecule has 2 rings (SSSR count). The molecule has 0 amide bonds. The summed E-state index contributed by atoms with van der Waals surface area (Å²) in [7, 11) is 0. The first-order chi connectivity index (χ1) is 8.10. The minimum atomic E-state index is -0.726. The number of rotatable bonds is 5. The lowest BCUT2D eigenvalue weighted by Gasteiger charge is -2.40. The van der Waals surface area contributed by atoms with Gasteiger partial charge in [-0.25, -0.2) is 9.97 Å². The third-order valence-corrected chi connectivity index (χ3v) is 3.34. The Balaban J connectivity index is 1.92. The fourth-order valence-electron chi connectivity index (χ4n) is 2.16. The Hall–Kier alpha value is -1.65. The fraction of sp³-hybridized carbons (Fsp3) is 0.583. The minimum absolute atomic E-state index is 0.0971. The molecule has 5 nitrogen and oxygen atoms in total. The molecule has 1 aliphatic rings. The number of nitrogens with one attached hydrogen (secondary N) is 1. The van der Waals surface area contributed by atoms with Crippen LogP contribution in [0.15, 0.2) is 12.4 Å². The normalized spacial score (nSPS) is 17.2. The summed E-state index contributed by atoms with van der Waals surface area (Å²) in [6.45, 7) is 2.57. The van der Waals surface area contributed by atoms with Gasteiger partial charge in [0.1, 0.15) is 0 Å². The van der Waals surface area contributed by atoms with E-state index in [0.717, 1.165) is 24.8 Å². The lowest BCUT2D eigenvalue weighted by Crippen LogP contribution is -2.38. The van der Waals surface area contributed by atoms with E-state index in [1.165, 1.54) is 0 Å². The molecule has 1 aromatic rings. The molecular formula is C12H17N3O2. The Bertz CT molecular complexity index is 399. The van der Waals surface area contributed by atoms with Crippen molar-refractivity contribution in [1.82, 2.24) is 9.97 Å². The van der Waals surface area contributed by atoms with Crippen molar-refractivity contribution in [1.29, 1.82) is 0 Å². The minimum Gasteiger partial charge on any atom is -0.481 e. The number of nitrogens with zero attached hydrogens (tertiary/aromatic N) is 2. The summed E-state index contributed by atoms with van der Waals surface area (Å²) < 4.78 is 0. The molecule has 92 valence electrons. The molecule has 0 bridgehead atoms. The van der Waals surface area contributed by atoms with Gasteiger partial charge in [0.15, 0.2) is 0 Å². The Kier molecular flexibility index (Phi) is 3.26. The van der Waals surface area contributed by atoms with Crippen LogP contribution in [0.3, 0.4) is 0 Å². The Morgan fingerprint density at radius 2 is 2.12 bits per heavy atom. The summed E-state index contributed by atoms with van der Waals surface area (Å²) in [6, 6.07) is 0. The molecule has 0 radical (unpaired) electrons. The highest BCUT2D eigenvalue weighted by atomic mass is 16.4. The first-order valence-electron chi connectivity index (χ1n) is 5.84. The van der Waals surface area contributed by atoms with Gasteiger partial charge in [-0.2, -0.15) is 0 Å². The van der Waals surface area contributed by atoms with Crippen molar-refractivity contribution in [3.63, 3.8) is 0 Å². The summed E-state index contributed by atoms with van der Waals surface area (Å²) in [4.78, 5) is 19.1. The molecule has 5 heteroatoms. The number of carbonyl (C=O) groups is 1. The van der Waals surface area contributed by atoms with E-state index < -0.39 is 5.97 Å². The lowest BCUT2D eigenvalue weighted by molar-refractivity contribution is -0.141. The van der Waals surface area contributed by atoms with Crippen molar-refractivity contribution in [3.05, 3.63) is 18.0 Å². The molecule has 1 saturated carbocycles. The first-order valence-corrected chi connectivity index (χ1v) is 5.84. The average molecular weight is 235 g/mol. The van der Waals surface area contributed by atoms with E-state index in [4.69, 9.17) is 5.11 Å². The molecule has 1 aromatic heterocycles. The van der Waals surface area contributed by atoms with Crippen LogP contribution in [0, 0.1) is 12.3 Å². The number of hydrogen-bond donors (Lipinski definition) is 2. The second-order valence-corrected chi connectivity index (χ2v) is 4.86. The summed E-state index contributed by atoms with van der Waals surface area (Å²) in [5.74, 6) is -0.149. The molecule has 0 aliphatic heterocycles. The van der Waals surface area contributed by atoms with Gasteiger partial charge in [0.25, 0.3) is 0 Å². The molecular weight excluding hydrogens is 218 g/mol. The molecule has 1 aliphatic carbocycles. The van der Waals surface area contributed by atoms with Crippen molar-refractivity contribution >= 4 is 11.9 Å². The number of aromatic nitrogens is 2. The summed E-state index contributed by atoms with van der Waals surface area (Å²) in [5, 5.41) is 12.0. The lowest BCUT2D eigenvalue weighted by atomic mass is 9.66. The van der Waals surface area contributed by atoms with E-state index in [1.54, 1.807) is 12.4 Å². The highest BCUT2D eigenvalue weighted by molar-refractivity contribution is 5.68. The van der Waals surface area contributed by atoms with Gasteiger partial charge in [-0.05, 0) is 30.7 Å². The van der Waals surface area contributed by atoms with Crippen molar-refractivity contribution in [3.8, 4) is 0 Å². The largest absolute Gasteiger partial charge is 0.481 e. The SMILES string of the molecule is Cc1cnc(NCC2(CC(=O)O)CCC2)nc1. The average Bonchev–Trinajstić information content (AvgIpc) is 2.23. The summed E-state index contributed by atoms with van der Waals surface area (Å²) >= 11 is 0. The monoisotopic (exact) mass is 235 g/mol. The second kappa shape index (κ2) is 4.69. The predicted molar refractivity (Wildman–Crippen MR) is 63.8 cm³/mol. The number of carboxylic acids is 1. The quantitative estimate of drug-likeness (QED) is 0.814. The molecule has 0 atom stereocenters. The molecule has 2 N–H and O–H groups in total. The van der Waals surface area contributed by atoms with Crippen molar-refractivity contribution in [2.45, 2.75) is 32.6 Å². The number of anilines is 1. The van der Waals surface area contributed by atoms with E-state index in [-0.39, 0.29) is 11.8 Å². The van der Waals surface area contributed by atoms with Crippen LogP contribution in [0.5, 0.6) is 0 Å². The smallest absolute Gasteiger partial charge is 0.303 e. The number of carboxylic acid groups (broad SMARTS) is 1. The second-order valence-electron chi connectivity index (χ2n) is 4.86. The number of aryl methyl sites for hydroxylation is 1. The summed E-state index contributed by atoms with van der Waals surface area (Å²) in [6.07, 6.45) is 6.78. The van der Waals surface area contributed by atoms with Gasteiger partial charge in [-0.3, -0.25) is 4.79 Å². The molecule has 0 unspecified atom stereocenters. The van der Waals surface area contributed by atoms with Gasteiger partial charge in [-0.1, -0.05) is 6.42 Å². The zero-order chi connectivity index (χ0) is 12.3. The Labute approximate surface area is 100 Å². The van der Waals surface area contributed by atoms with Crippen LogP contribution >= 0.6 is 0 Å². The van der Waals surface area contributed by atoms with Crippen molar-refractivity contribution < 1.29 is 9.90 Å². The van der Waals surface area contributed by atoms with Gasteiger partial charge < -0.3 is 10.4 Å². The van der Waals surface area contributed by atoms with Crippen LogP contribution < -0.4 is 5.32 Å². The van der Waals surface area contributed by atoms with E-state index >= 15 is 0 Å². The van der Waals surface area contributed by atoms with Crippen molar-refractivity contribution in [2.24, 2.45) is 5.41 Å². The van der Waals surface area contributed by atoms with Gasteiger partial charge in [-0.15, -0.1) is 0 Å². The highest BCUT2D eigenvalue weighted by Crippen LogP contribution is 2.43. The maximum atomic E-state index is 10.8. The van der Waals surface area contributed by atoms with Crippen LogP contribution in [-0.2, 0) is 4.79 Å². The third kappa shape index (κ3) is 2.93. The fourth-order valence-corrected chi connectivity index (χ4v) is 2.16. The molecule has 0 aromatic carbocycles. The standard InChI is InChI=1S/C12H17N3O2/c1-9-6-13-11(14-7-9)15-8-12(3-2-4-12)5-10(16)17/h6-7H,2-5,8H2,1H3,(H,16,17)(H,13,14,15). The van der Waals surface area contributed by atoms with Crippen LogP contribution in [0.4, 0.5) is 5.95 Å². The van der Waals surface area contributed by atoms with E-state index in [0.29, 0.717) is 12.5 Å². The Morgan fingerprint density at radius 3 is 2.59 bits per heavy atom.